The molecule has 1 fully saturated rings. The number of aliphatic imine (C=N–C) groups is 1. The normalized spacial score (nSPS) is 22.5. The molecule has 2 aromatic heterocycles. The molecule has 1 unspecified atom stereocenters. The molecule has 0 spiro atoms. The van der Waals surface area contributed by atoms with Crippen LogP contribution in [-0.2, 0) is 4.74 Å². The van der Waals surface area contributed by atoms with Crippen LogP contribution in [0.2, 0.25) is 0 Å². The molecule has 0 bridgehead atoms. The lowest BCUT2D eigenvalue weighted by Gasteiger charge is -2.30. The van der Waals surface area contributed by atoms with Gasteiger partial charge in [0.05, 0.1) is 30.8 Å². The fourth-order valence-corrected chi connectivity index (χ4v) is 4.79. The number of aromatic nitrogens is 3. The lowest BCUT2D eigenvalue weighted by atomic mass is 9.96. The van der Waals surface area contributed by atoms with Crippen molar-refractivity contribution in [3.63, 3.8) is 0 Å². The SMILES string of the molecule is CC1CCC=C(N2CCOCC2)/C=C\C1=Nc1cc(-c2ccc3c(c2)NCCO3)nc2ccnn12. The average Bonchev–Trinajstić information content (AvgIpc) is 3.38. The molecule has 6 rings (SSSR count). The van der Waals surface area contributed by atoms with Crippen molar-refractivity contribution in [3.05, 3.63) is 60.5 Å². The van der Waals surface area contributed by atoms with E-state index in [1.165, 1.54) is 5.70 Å². The summed E-state index contributed by atoms with van der Waals surface area (Å²) < 4.78 is 13.1. The number of nitrogens with zero attached hydrogens (tertiary/aromatic N) is 5. The second-order valence-electron chi connectivity index (χ2n) is 9.16. The van der Waals surface area contributed by atoms with Gasteiger partial charge in [-0.15, -0.1) is 0 Å². The van der Waals surface area contributed by atoms with Crippen molar-refractivity contribution >= 4 is 22.9 Å². The number of hydrogen-bond donors (Lipinski definition) is 1. The van der Waals surface area contributed by atoms with Crippen molar-refractivity contribution in [2.24, 2.45) is 10.9 Å². The number of allylic oxidation sites excluding steroid dienone is 3. The number of fused-ring (bicyclic) bond motifs is 2. The third-order valence-electron chi connectivity index (χ3n) is 6.79. The zero-order chi connectivity index (χ0) is 23.6. The maximum atomic E-state index is 5.74. The minimum Gasteiger partial charge on any atom is -0.490 e. The van der Waals surface area contributed by atoms with Crippen LogP contribution in [0.4, 0.5) is 11.5 Å². The topological polar surface area (TPSA) is 76.3 Å². The second kappa shape index (κ2) is 9.54. The Morgan fingerprint density at radius 3 is 2.91 bits per heavy atom. The minimum atomic E-state index is 0.334. The van der Waals surface area contributed by atoms with E-state index in [0.717, 1.165) is 85.6 Å². The molecule has 4 heterocycles. The lowest BCUT2D eigenvalue weighted by Crippen LogP contribution is -2.35. The zero-order valence-corrected chi connectivity index (χ0v) is 20.0. The van der Waals surface area contributed by atoms with Crippen molar-refractivity contribution < 1.29 is 9.47 Å². The number of hydrogen-bond acceptors (Lipinski definition) is 7. The summed E-state index contributed by atoms with van der Waals surface area (Å²) in [7, 11) is 0. The minimum absolute atomic E-state index is 0.334. The first-order chi connectivity index (χ1) is 17.2. The molecule has 2 aliphatic heterocycles. The van der Waals surface area contributed by atoms with Gasteiger partial charge in [0.1, 0.15) is 12.4 Å². The molecule has 180 valence electrons. The van der Waals surface area contributed by atoms with Gasteiger partial charge in [-0.05, 0) is 49.1 Å². The van der Waals surface area contributed by atoms with Gasteiger partial charge in [-0.3, -0.25) is 0 Å². The van der Waals surface area contributed by atoms with Gasteiger partial charge in [0, 0.05) is 48.7 Å². The lowest BCUT2D eigenvalue weighted by molar-refractivity contribution is 0.0552. The Bertz CT molecular complexity index is 1320. The molecule has 35 heavy (non-hydrogen) atoms. The average molecular weight is 471 g/mol. The molecule has 0 saturated carbocycles. The maximum absolute atomic E-state index is 5.74. The smallest absolute Gasteiger partial charge is 0.158 e. The monoisotopic (exact) mass is 470 g/mol. The Hall–Kier alpha value is -3.65. The van der Waals surface area contributed by atoms with Crippen LogP contribution in [0.3, 0.4) is 0 Å². The van der Waals surface area contributed by atoms with E-state index in [9.17, 15) is 0 Å². The summed E-state index contributed by atoms with van der Waals surface area (Å²) in [5.41, 5.74) is 5.97. The molecule has 8 nitrogen and oxygen atoms in total. The Morgan fingerprint density at radius 2 is 2.00 bits per heavy atom. The second-order valence-corrected chi connectivity index (χ2v) is 9.16. The number of nitrogens with one attached hydrogen (secondary N) is 1. The fraction of sp³-hybridized carbons (Fsp3) is 0.370. The summed E-state index contributed by atoms with van der Waals surface area (Å²) in [6.07, 6.45) is 10.6. The van der Waals surface area contributed by atoms with Crippen molar-refractivity contribution in [2.45, 2.75) is 19.8 Å². The first-order valence-electron chi connectivity index (χ1n) is 12.4. The number of morpholine rings is 1. The van der Waals surface area contributed by atoms with E-state index in [-0.39, 0.29) is 0 Å². The Kier molecular flexibility index (Phi) is 5.96. The molecule has 1 atom stereocenters. The van der Waals surface area contributed by atoms with Gasteiger partial charge in [0.25, 0.3) is 0 Å². The largest absolute Gasteiger partial charge is 0.490 e. The van der Waals surface area contributed by atoms with Crippen molar-refractivity contribution in [1.29, 1.82) is 0 Å². The quantitative estimate of drug-likeness (QED) is 0.609. The van der Waals surface area contributed by atoms with Gasteiger partial charge >= 0.3 is 0 Å². The third-order valence-corrected chi connectivity index (χ3v) is 6.79. The highest BCUT2D eigenvalue weighted by atomic mass is 16.5. The zero-order valence-electron chi connectivity index (χ0n) is 20.0. The van der Waals surface area contributed by atoms with E-state index in [0.29, 0.717) is 12.5 Å². The molecule has 1 aromatic carbocycles. The molecule has 1 N–H and O–H groups in total. The first kappa shape index (κ1) is 21.9. The van der Waals surface area contributed by atoms with Crippen LogP contribution in [0, 0.1) is 5.92 Å². The highest BCUT2D eigenvalue weighted by molar-refractivity contribution is 5.98. The highest BCUT2D eigenvalue weighted by Crippen LogP contribution is 2.33. The highest BCUT2D eigenvalue weighted by Gasteiger charge is 2.17. The Balaban J connectivity index is 1.37. The van der Waals surface area contributed by atoms with E-state index in [4.69, 9.17) is 19.5 Å². The number of benzene rings is 1. The summed E-state index contributed by atoms with van der Waals surface area (Å²) >= 11 is 0. The molecular formula is C27H30N6O2. The molecule has 1 saturated heterocycles. The van der Waals surface area contributed by atoms with Gasteiger partial charge in [0.15, 0.2) is 11.5 Å². The predicted octanol–water partition coefficient (Wildman–Crippen LogP) is 4.48. The molecule has 8 heteroatoms. The number of ether oxygens (including phenoxy) is 2. The standard InChI is InChI=1S/C27H30N6O2/c1-19-3-2-4-21(32-12-15-34-16-13-32)6-7-22(19)30-27-18-23(31-26-9-10-29-33(26)27)20-5-8-25-24(17-20)28-11-14-35-25/h4-10,17-19,28H,2-3,11-16H2,1H3/b7-6-,21-4?,30-22?. The molecular weight excluding hydrogens is 440 g/mol. The van der Waals surface area contributed by atoms with E-state index >= 15 is 0 Å². The van der Waals surface area contributed by atoms with Crippen LogP contribution in [0.1, 0.15) is 19.8 Å². The van der Waals surface area contributed by atoms with Crippen LogP contribution in [0.15, 0.2) is 65.4 Å². The summed E-state index contributed by atoms with van der Waals surface area (Å²) in [5, 5.41) is 7.91. The van der Waals surface area contributed by atoms with E-state index < -0.39 is 0 Å². The molecule has 1 aliphatic carbocycles. The predicted molar refractivity (Wildman–Crippen MR) is 138 cm³/mol. The van der Waals surface area contributed by atoms with E-state index in [2.05, 4.69) is 52.6 Å². The summed E-state index contributed by atoms with van der Waals surface area (Å²) in [4.78, 5) is 12.4. The van der Waals surface area contributed by atoms with Crippen LogP contribution >= 0.6 is 0 Å². The van der Waals surface area contributed by atoms with Gasteiger partial charge in [0.2, 0.25) is 0 Å². The van der Waals surface area contributed by atoms with Crippen LogP contribution in [0.25, 0.3) is 16.9 Å². The van der Waals surface area contributed by atoms with Gasteiger partial charge in [-0.2, -0.15) is 9.61 Å². The van der Waals surface area contributed by atoms with Crippen LogP contribution < -0.4 is 10.1 Å². The number of anilines is 1. The molecule has 0 amide bonds. The summed E-state index contributed by atoms with van der Waals surface area (Å²) in [6.45, 7) is 7.15. The third kappa shape index (κ3) is 4.53. The van der Waals surface area contributed by atoms with Crippen molar-refractivity contribution in [2.75, 3.05) is 44.8 Å². The van der Waals surface area contributed by atoms with Gasteiger partial charge in [-0.25, -0.2) is 9.98 Å². The first-order valence-corrected chi connectivity index (χ1v) is 12.4. The van der Waals surface area contributed by atoms with Gasteiger partial charge in [-0.1, -0.05) is 13.0 Å². The van der Waals surface area contributed by atoms with Crippen molar-refractivity contribution in [3.8, 4) is 17.0 Å². The fourth-order valence-electron chi connectivity index (χ4n) is 4.79. The van der Waals surface area contributed by atoms with Crippen LogP contribution in [0.5, 0.6) is 5.75 Å². The van der Waals surface area contributed by atoms with E-state index in [1.54, 1.807) is 6.20 Å². The molecule has 0 radical (unpaired) electrons. The summed E-state index contributed by atoms with van der Waals surface area (Å²) in [6, 6.07) is 10.1. The molecule has 3 aliphatic rings. The van der Waals surface area contributed by atoms with E-state index in [1.807, 2.05) is 22.7 Å². The Labute approximate surface area is 205 Å². The molecule has 3 aromatic rings. The number of rotatable bonds is 3. The van der Waals surface area contributed by atoms with Crippen LogP contribution in [-0.4, -0.2) is 64.7 Å². The maximum Gasteiger partial charge on any atom is 0.158 e. The summed E-state index contributed by atoms with van der Waals surface area (Å²) in [5.74, 6) is 1.99. The Morgan fingerprint density at radius 1 is 1.09 bits per heavy atom. The van der Waals surface area contributed by atoms with Gasteiger partial charge < -0.3 is 19.7 Å². The van der Waals surface area contributed by atoms with Crippen molar-refractivity contribution in [1.82, 2.24) is 19.5 Å².